The number of hydrogen-bond acceptors (Lipinski definition) is 6. The molecule has 1 heterocycles. The highest BCUT2D eigenvalue weighted by atomic mass is 16.6. The molecule has 0 bridgehead atoms. The van der Waals surface area contributed by atoms with Crippen LogP contribution in [0, 0.1) is 10.1 Å². The molecule has 7 heteroatoms. The average molecular weight is 379 g/mol. The van der Waals surface area contributed by atoms with Gasteiger partial charge in [-0.15, -0.1) is 0 Å². The highest BCUT2D eigenvalue weighted by Crippen LogP contribution is 2.36. The quantitative estimate of drug-likeness (QED) is 0.325. The predicted molar refractivity (Wildman–Crippen MR) is 106 cm³/mol. The third-order valence-electron chi connectivity index (χ3n) is 4.46. The van der Waals surface area contributed by atoms with E-state index in [2.05, 4.69) is 0 Å². The summed E-state index contributed by atoms with van der Waals surface area (Å²) in [5.74, 6) is -0.443. The predicted octanol–water partition coefficient (Wildman–Crippen LogP) is 4.21. The van der Waals surface area contributed by atoms with Gasteiger partial charge in [0.05, 0.1) is 23.3 Å². The molecule has 0 unspecified atom stereocenters. The van der Waals surface area contributed by atoms with Crippen LogP contribution in [-0.2, 0) is 9.53 Å². The van der Waals surface area contributed by atoms with Gasteiger partial charge in [-0.2, -0.15) is 5.10 Å². The fraction of sp³-hybridized carbons (Fsp3) is 0.238. The molecule has 7 nitrogen and oxygen atoms in total. The molecule has 2 aromatic rings. The van der Waals surface area contributed by atoms with Crippen LogP contribution in [-0.4, -0.2) is 28.2 Å². The Balaban J connectivity index is 1.99. The van der Waals surface area contributed by atoms with E-state index in [1.165, 1.54) is 12.1 Å². The maximum Gasteiger partial charge on any atom is 0.332 e. The minimum Gasteiger partial charge on any atom is -0.463 e. The first-order valence-electron chi connectivity index (χ1n) is 9.01. The Kier molecular flexibility index (Phi) is 5.84. The van der Waals surface area contributed by atoms with E-state index in [1.54, 1.807) is 31.0 Å². The lowest BCUT2D eigenvalue weighted by Crippen LogP contribution is -2.19. The van der Waals surface area contributed by atoms with Gasteiger partial charge < -0.3 is 4.74 Å². The number of hydrogen-bond donors (Lipinski definition) is 0. The van der Waals surface area contributed by atoms with Gasteiger partial charge in [-0.1, -0.05) is 42.5 Å². The summed E-state index contributed by atoms with van der Waals surface area (Å²) in [5.41, 5.74) is 3.23. The number of esters is 1. The van der Waals surface area contributed by atoms with Crippen LogP contribution in [0.25, 0.3) is 0 Å². The fourth-order valence-electron chi connectivity index (χ4n) is 3.17. The lowest BCUT2D eigenvalue weighted by atomic mass is 9.98. The van der Waals surface area contributed by atoms with Gasteiger partial charge >= 0.3 is 5.97 Å². The number of benzene rings is 2. The summed E-state index contributed by atoms with van der Waals surface area (Å²) in [7, 11) is 0. The number of carbonyl (C=O) groups excluding carboxylic acids is 1. The van der Waals surface area contributed by atoms with Gasteiger partial charge in [-0.3, -0.25) is 15.1 Å². The zero-order valence-electron chi connectivity index (χ0n) is 15.7. The van der Waals surface area contributed by atoms with Crippen molar-refractivity contribution in [3.8, 4) is 0 Å². The van der Waals surface area contributed by atoms with Crippen LogP contribution in [0.15, 0.2) is 71.5 Å². The molecular weight excluding hydrogens is 358 g/mol. The molecule has 0 aromatic heterocycles. The van der Waals surface area contributed by atoms with Crippen molar-refractivity contribution >= 4 is 17.4 Å². The Labute approximate surface area is 163 Å². The largest absolute Gasteiger partial charge is 0.463 e. The molecule has 0 saturated carbocycles. The van der Waals surface area contributed by atoms with Crippen molar-refractivity contribution in [2.45, 2.75) is 26.3 Å². The number of nitro groups is 1. The molecule has 0 aliphatic carbocycles. The first kappa shape index (κ1) is 19.3. The maximum absolute atomic E-state index is 11.9. The van der Waals surface area contributed by atoms with Crippen LogP contribution in [0.5, 0.6) is 0 Å². The van der Waals surface area contributed by atoms with Crippen molar-refractivity contribution in [3.05, 3.63) is 87.6 Å². The Bertz CT molecular complexity index is 938. The number of ether oxygens (including phenoxy) is 1. The average Bonchev–Trinajstić information content (AvgIpc) is 3.14. The summed E-state index contributed by atoms with van der Waals surface area (Å²) in [4.78, 5) is 22.6. The second kappa shape index (κ2) is 8.47. The van der Waals surface area contributed by atoms with Crippen molar-refractivity contribution in [1.82, 2.24) is 5.01 Å². The van der Waals surface area contributed by atoms with Gasteiger partial charge in [0, 0.05) is 30.3 Å². The number of non-ortho nitro benzene ring substituents is 1. The Morgan fingerprint density at radius 3 is 2.71 bits per heavy atom. The summed E-state index contributed by atoms with van der Waals surface area (Å²) >= 11 is 0. The summed E-state index contributed by atoms with van der Waals surface area (Å²) in [6.07, 6.45) is 1.96. The molecule has 0 radical (unpaired) electrons. The van der Waals surface area contributed by atoms with Crippen LogP contribution in [0.4, 0.5) is 5.69 Å². The van der Waals surface area contributed by atoms with Crippen molar-refractivity contribution < 1.29 is 14.5 Å². The summed E-state index contributed by atoms with van der Waals surface area (Å²) in [6, 6.07) is 16.0. The Morgan fingerprint density at radius 2 is 2.04 bits per heavy atom. The SMILES string of the molecule is CCOC(=O)/C=C(/C)N1N=C(c2ccccc2)C[C@@H]1c1cccc([N+](=O)[O-])c1. The van der Waals surface area contributed by atoms with Gasteiger partial charge in [-0.05, 0) is 25.0 Å². The topological polar surface area (TPSA) is 85.0 Å². The normalized spacial score (nSPS) is 16.6. The number of nitrogens with zero attached hydrogens (tertiary/aromatic N) is 3. The number of rotatable bonds is 6. The lowest BCUT2D eigenvalue weighted by Gasteiger charge is -2.24. The number of hydrazone groups is 1. The van der Waals surface area contributed by atoms with E-state index < -0.39 is 10.9 Å². The molecule has 144 valence electrons. The molecule has 1 aliphatic rings. The highest BCUT2D eigenvalue weighted by molar-refractivity contribution is 6.02. The second-order valence-electron chi connectivity index (χ2n) is 6.37. The zero-order chi connectivity index (χ0) is 20.1. The van der Waals surface area contributed by atoms with Crippen LogP contribution in [0.3, 0.4) is 0 Å². The van der Waals surface area contributed by atoms with Gasteiger partial charge in [0.2, 0.25) is 0 Å². The summed E-state index contributed by atoms with van der Waals surface area (Å²) < 4.78 is 5.00. The lowest BCUT2D eigenvalue weighted by molar-refractivity contribution is -0.384. The smallest absolute Gasteiger partial charge is 0.332 e. The Morgan fingerprint density at radius 1 is 1.29 bits per heavy atom. The van der Waals surface area contributed by atoms with Crippen LogP contribution >= 0.6 is 0 Å². The van der Waals surface area contributed by atoms with Crippen LogP contribution in [0.1, 0.15) is 37.4 Å². The maximum atomic E-state index is 11.9. The molecule has 0 saturated heterocycles. The first-order valence-corrected chi connectivity index (χ1v) is 9.01. The molecule has 1 atom stereocenters. The Hall–Kier alpha value is -3.48. The zero-order valence-corrected chi connectivity index (χ0v) is 15.7. The van der Waals surface area contributed by atoms with E-state index >= 15 is 0 Å². The first-order chi connectivity index (χ1) is 13.5. The summed E-state index contributed by atoms with van der Waals surface area (Å²) in [5, 5.41) is 17.6. The van der Waals surface area contributed by atoms with Crippen molar-refractivity contribution in [2.24, 2.45) is 5.10 Å². The third kappa shape index (κ3) is 4.25. The second-order valence-corrected chi connectivity index (χ2v) is 6.37. The molecular formula is C21H21N3O4. The molecule has 0 N–H and O–H groups in total. The number of allylic oxidation sites excluding steroid dienone is 1. The minimum atomic E-state index is -0.443. The van der Waals surface area contributed by atoms with Gasteiger partial charge in [0.1, 0.15) is 0 Å². The fourth-order valence-corrected chi connectivity index (χ4v) is 3.17. The monoisotopic (exact) mass is 379 g/mol. The van der Waals surface area contributed by atoms with Gasteiger partial charge in [0.25, 0.3) is 5.69 Å². The highest BCUT2D eigenvalue weighted by Gasteiger charge is 2.31. The number of nitro benzene ring substituents is 1. The van der Waals surface area contributed by atoms with Gasteiger partial charge in [-0.25, -0.2) is 4.79 Å². The van der Waals surface area contributed by atoms with E-state index in [9.17, 15) is 14.9 Å². The number of carbonyl (C=O) groups is 1. The van der Waals surface area contributed by atoms with E-state index in [-0.39, 0.29) is 18.3 Å². The van der Waals surface area contributed by atoms with E-state index in [4.69, 9.17) is 9.84 Å². The van der Waals surface area contributed by atoms with Crippen LogP contribution in [0.2, 0.25) is 0 Å². The van der Waals surface area contributed by atoms with E-state index in [0.717, 1.165) is 16.8 Å². The molecule has 2 aromatic carbocycles. The van der Waals surface area contributed by atoms with Gasteiger partial charge in [0.15, 0.2) is 0 Å². The minimum absolute atomic E-state index is 0.0256. The van der Waals surface area contributed by atoms with E-state index in [0.29, 0.717) is 12.1 Å². The van der Waals surface area contributed by atoms with Crippen molar-refractivity contribution in [3.63, 3.8) is 0 Å². The standard InChI is InChI=1S/C21H21N3O4/c1-3-28-21(25)12-15(2)23-20(17-10-7-11-18(13-17)24(26)27)14-19(22-23)16-8-5-4-6-9-16/h4-13,20H,3,14H2,1-2H3/b15-12-/t20-/m1/s1. The van der Waals surface area contributed by atoms with Crippen LogP contribution < -0.4 is 0 Å². The molecule has 1 aliphatic heterocycles. The van der Waals surface area contributed by atoms with E-state index in [1.807, 2.05) is 36.4 Å². The third-order valence-corrected chi connectivity index (χ3v) is 4.46. The van der Waals surface area contributed by atoms with Crippen molar-refractivity contribution in [1.29, 1.82) is 0 Å². The molecule has 0 amide bonds. The summed E-state index contributed by atoms with van der Waals surface area (Å²) in [6.45, 7) is 3.81. The molecule has 3 rings (SSSR count). The molecule has 28 heavy (non-hydrogen) atoms. The van der Waals surface area contributed by atoms with Crippen molar-refractivity contribution in [2.75, 3.05) is 6.61 Å². The molecule has 0 spiro atoms. The molecule has 0 fully saturated rings.